The van der Waals surface area contributed by atoms with Crippen molar-refractivity contribution in [2.45, 2.75) is 19.7 Å². The van der Waals surface area contributed by atoms with Gasteiger partial charge in [0.25, 0.3) is 5.91 Å². The van der Waals surface area contributed by atoms with Gasteiger partial charge in [0.15, 0.2) is 11.4 Å². The molecule has 0 bridgehead atoms. The van der Waals surface area contributed by atoms with Gasteiger partial charge in [-0.25, -0.2) is 13.8 Å². The Hall–Kier alpha value is -4.19. The number of ether oxygens (including phenoxy) is 1. The van der Waals surface area contributed by atoms with Gasteiger partial charge < -0.3 is 20.3 Å². The molecule has 1 aliphatic heterocycles. The number of hydrogen-bond acceptors (Lipinski definition) is 5. The summed E-state index contributed by atoms with van der Waals surface area (Å²) in [5.41, 5.74) is -0.494. The average Bonchev–Trinajstić information content (AvgIpc) is 3.25. The lowest BCUT2D eigenvalue weighted by Gasteiger charge is -2.31. The fraction of sp³-hybridized carbons (Fsp3) is 0.259. The third kappa shape index (κ3) is 5.37. The summed E-state index contributed by atoms with van der Waals surface area (Å²) in [6, 6.07) is 10.3. The van der Waals surface area contributed by atoms with Crippen LogP contribution in [0.4, 0.5) is 33.3 Å². The Morgan fingerprint density at radius 1 is 1.08 bits per heavy atom. The van der Waals surface area contributed by atoms with Gasteiger partial charge >= 0.3 is 6.18 Å². The lowest BCUT2D eigenvalue weighted by Crippen LogP contribution is -2.44. The van der Waals surface area contributed by atoms with Crippen LogP contribution in [0.25, 0.3) is 5.65 Å². The minimum atomic E-state index is -4.62. The molecule has 1 amide bonds. The van der Waals surface area contributed by atoms with Gasteiger partial charge in [-0.2, -0.15) is 13.2 Å². The van der Waals surface area contributed by atoms with Gasteiger partial charge in [0.05, 0.1) is 16.8 Å². The number of carbonyl (C=O) groups is 1. The Morgan fingerprint density at radius 2 is 1.79 bits per heavy atom. The number of nitrogens with one attached hydrogen (secondary N) is 2. The first kappa shape index (κ1) is 26.4. The van der Waals surface area contributed by atoms with Gasteiger partial charge in [0, 0.05) is 43.8 Å². The molecule has 2 aromatic carbocycles. The Bertz CT molecular complexity index is 1510. The highest BCUT2D eigenvalue weighted by molar-refractivity contribution is 6.04. The highest BCUT2D eigenvalue weighted by atomic mass is 19.4. The van der Waals surface area contributed by atoms with Gasteiger partial charge in [0.1, 0.15) is 23.9 Å². The van der Waals surface area contributed by atoms with Crippen LogP contribution in [0.5, 0.6) is 5.75 Å². The number of nitrogens with zero attached hydrogens (tertiary/aromatic N) is 3. The number of anilines is 2. The third-order valence-corrected chi connectivity index (χ3v) is 6.45. The third-order valence-electron chi connectivity index (χ3n) is 6.45. The number of piperazine rings is 1. The summed E-state index contributed by atoms with van der Waals surface area (Å²) in [5.74, 6) is -2.03. The summed E-state index contributed by atoms with van der Waals surface area (Å²) in [4.78, 5) is 19.2. The zero-order chi connectivity index (χ0) is 27.7. The van der Waals surface area contributed by atoms with E-state index < -0.39 is 35.9 Å². The maximum absolute atomic E-state index is 14.0. The van der Waals surface area contributed by atoms with E-state index in [2.05, 4.69) is 15.6 Å². The molecular weight excluding hydrogens is 521 g/mol. The summed E-state index contributed by atoms with van der Waals surface area (Å²) in [7, 11) is 0. The van der Waals surface area contributed by atoms with Crippen molar-refractivity contribution in [1.29, 1.82) is 0 Å². The fourth-order valence-electron chi connectivity index (χ4n) is 4.58. The summed E-state index contributed by atoms with van der Waals surface area (Å²) in [6.45, 7) is 3.17. The lowest BCUT2D eigenvalue weighted by atomic mass is 10.1. The normalized spacial score (nSPS) is 14.1. The van der Waals surface area contributed by atoms with Crippen LogP contribution in [0.1, 0.15) is 27.3 Å². The van der Waals surface area contributed by atoms with Crippen LogP contribution in [-0.4, -0.2) is 41.5 Å². The average molecular weight is 546 g/mol. The van der Waals surface area contributed by atoms with Gasteiger partial charge in [-0.15, -0.1) is 0 Å². The molecule has 7 nitrogen and oxygen atoms in total. The first-order chi connectivity index (χ1) is 18.6. The monoisotopic (exact) mass is 545 g/mol. The minimum absolute atomic E-state index is 0.0250. The number of amides is 1. The molecule has 4 aromatic rings. The molecule has 1 fully saturated rings. The van der Waals surface area contributed by atoms with E-state index in [0.717, 1.165) is 18.2 Å². The van der Waals surface area contributed by atoms with Crippen LogP contribution in [0.15, 0.2) is 54.7 Å². The van der Waals surface area contributed by atoms with Gasteiger partial charge in [-0.05, 0) is 49.4 Å². The minimum Gasteiger partial charge on any atom is -0.485 e. The zero-order valence-electron chi connectivity index (χ0n) is 20.8. The number of imidazole rings is 1. The van der Waals surface area contributed by atoms with Crippen molar-refractivity contribution in [2.75, 3.05) is 36.4 Å². The Kier molecular flexibility index (Phi) is 7.13. The lowest BCUT2D eigenvalue weighted by molar-refractivity contribution is -0.137. The predicted octanol–water partition coefficient (Wildman–Crippen LogP) is 5.18. The van der Waals surface area contributed by atoms with E-state index in [1.54, 1.807) is 17.9 Å². The smallest absolute Gasteiger partial charge is 0.418 e. The standard InChI is InChI=1S/C27H24F5N5O2/c1-16-24(37-11-3-6-23(25(37)34-16)39-15-18-20(28)4-2-5-21(18)29)26(38)35-17-7-8-22(19(14-17)27(30,31)32)36-12-9-33-10-13-36/h2-8,11,14,33H,9-10,12-13,15H2,1H3,(H,35,38). The van der Waals surface area contributed by atoms with E-state index in [4.69, 9.17) is 4.74 Å². The number of halogens is 5. The molecule has 2 aromatic heterocycles. The molecule has 0 radical (unpaired) electrons. The summed E-state index contributed by atoms with van der Waals surface area (Å²) in [5, 5.41) is 5.65. The molecule has 1 saturated heterocycles. The van der Waals surface area contributed by atoms with Crippen LogP contribution in [0.3, 0.4) is 0 Å². The number of pyridine rings is 1. The number of alkyl halides is 3. The van der Waals surface area contributed by atoms with Crippen LogP contribution in [0.2, 0.25) is 0 Å². The number of carbonyl (C=O) groups excluding carboxylic acids is 1. The molecule has 0 aliphatic carbocycles. The molecule has 0 unspecified atom stereocenters. The van der Waals surface area contributed by atoms with Crippen molar-refractivity contribution >= 4 is 22.9 Å². The molecule has 5 rings (SSSR count). The van der Waals surface area contributed by atoms with Crippen molar-refractivity contribution in [3.63, 3.8) is 0 Å². The van der Waals surface area contributed by atoms with Crippen molar-refractivity contribution < 1.29 is 31.5 Å². The number of benzene rings is 2. The van der Waals surface area contributed by atoms with Gasteiger partial charge in [0.2, 0.25) is 0 Å². The van der Waals surface area contributed by atoms with Crippen molar-refractivity contribution in [3.8, 4) is 5.75 Å². The van der Waals surface area contributed by atoms with Crippen LogP contribution < -0.4 is 20.3 Å². The van der Waals surface area contributed by atoms with Gasteiger partial charge in [-0.3, -0.25) is 9.20 Å². The molecule has 12 heteroatoms. The molecule has 3 heterocycles. The molecule has 204 valence electrons. The predicted molar refractivity (Wildman–Crippen MR) is 135 cm³/mol. The quantitative estimate of drug-likeness (QED) is 0.327. The summed E-state index contributed by atoms with van der Waals surface area (Å²) >= 11 is 0. The molecule has 1 aliphatic rings. The van der Waals surface area contributed by atoms with Crippen LogP contribution >= 0.6 is 0 Å². The Morgan fingerprint density at radius 3 is 2.49 bits per heavy atom. The number of rotatable bonds is 6. The van der Waals surface area contributed by atoms with E-state index in [1.165, 1.54) is 34.9 Å². The molecule has 39 heavy (non-hydrogen) atoms. The van der Waals surface area contributed by atoms with E-state index in [9.17, 15) is 26.7 Å². The second kappa shape index (κ2) is 10.5. The largest absolute Gasteiger partial charge is 0.485 e. The maximum atomic E-state index is 14.0. The number of aryl methyl sites for hydroxylation is 1. The van der Waals surface area contributed by atoms with Crippen LogP contribution in [0, 0.1) is 18.6 Å². The number of hydrogen-bond donors (Lipinski definition) is 2. The second-order valence-electron chi connectivity index (χ2n) is 9.02. The summed E-state index contributed by atoms with van der Waals surface area (Å²) in [6.07, 6.45) is -3.08. The molecule has 0 spiro atoms. The Labute approximate surface area is 220 Å². The van der Waals surface area contributed by atoms with Crippen molar-refractivity contribution in [2.24, 2.45) is 0 Å². The first-order valence-corrected chi connectivity index (χ1v) is 12.1. The summed E-state index contributed by atoms with van der Waals surface area (Å²) < 4.78 is 76.8. The number of aromatic nitrogens is 2. The first-order valence-electron chi connectivity index (χ1n) is 12.1. The van der Waals surface area contributed by atoms with Gasteiger partial charge in [-0.1, -0.05) is 6.07 Å². The Balaban J connectivity index is 1.42. The topological polar surface area (TPSA) is 70.9 Å². The maximum Gasteiger partial charge on any atom is 0.418 e. The van der Waals surface area contributed by atoms with Crippen molar-refractivity contribution in [1.82, 2.24) is 14.7 Å². The van der Waals surface area contributed by atoms with E-state index in [-0.39, 0.29) is 39.7 Å². The highest BCUT2D eigenvalue weighted by Crippen LogP contribution is 2.38. The molecule has 0 atom stereocenters. The number of fused-ring (bicyclic) bond motifs is 1. The van der Waals surface area contributed by atoms with E-state index >= 15 is 0 Å². The molecule has 0 saturated carbocycles. The van der Waals surface area contributed by atoms with Crippen molar-refractivity contribution in [3.05, 3.63) is 88.9 Å². The second-order valence-corrected chi connectivity index (χ2v) is 9.02. The molecular formula is C27H24F5N5O2. The van der Waals surface area contributed by atoms with Crippen LogP contribution in [-0.2, 0) is 12.8 Å². The fourth-order valence-corrected chi connectivity index (χ4v) is 4.58. The zero-order valence-corrected chi connectivity index (χ0v) is 20.8. The van der Waals surface area contributed by atoms with E-state index in [0.29, 0.717) is 26.2 Å². The SMILES string of the molecule is Cc1nc2c(OCc3c(F)cccc3F)cccn2c1C(=O)Nc1ccc(N2CCNCC2)c(C(F)(F)F)c1. The molecule has 2 N–H and O–H groups in total. The van der Waals surface area contributed by atoms with E-state index in [1.807, 2.05) is 0 Å². The highest BCUT2D eigenvalue weighted by Gasteiger charge is 2.35.